The van der Waals surface area contributed by atoms with Crippen molar-refractivity contribution in [1.82, 2.24) is 9.62 Å². The molecule has 1 fully saturated rings. The Morgan fingerprint density at radius 2 is 1.85 bits per heavy atom. The molecule has 1 aromatic rings. The zero-order chi connectivity index (χ0) is 20.0. The van der Waals surface area contributed by atoms with Crippen molar-refractivity contribution in [1.29, 1.82) is 0 Å². The third-order valence-corrected chi connectivity index (χ3v) is 6.87. The number of amides is 1. The van der Waals surface area contributed by atoms with Gasteiger partial charge in [0.1, 0.15) is 6.04 Å². The van der Waals surface area contributed by atoms with Gasteiger partial charge >= 0.3 is 0 Å². The number of benzene rings is 1. The monoisotopic (exact) mass is 398 g/mol. The summed E-state index contributed by atoms with van der Waals surface area (Å²) in [6, 6.07) is 3.05. The second-order valence-electron chi connectivity index (χ2n) is 6.90. The molecule has 1 amide bonds. The summed E-state index contributed by atoms with van der Waals surface area (Å²) in [4.78, 5) is 12.9. The van der Waals surface area contributed by atoms with Crippen LogP contribution in [0.4, 0.5) is 0 Å². The molecule has 152 valence electrons. The van der Waals surface area contributed by atoms with Crippen LogP contribution in [0.15, 0.2) is 17.0 Å². The Kier molecular flexibility index (Phi) is 7.79. The van der Waals surface area contributed by atoms with Crippen LogP contribution in [-0.4, -0.2) is 64.7 Å². The number of hydrogen-bond acceptors (Lipinski definition) is 5. The lowest BCUT2D eigenvalue weighted by molar-refractivity contribution is -0.124. The summed E-state index contributed by atoms with van der Waals surface area (Å²) >= 11 is 0. The lowest BCUT2D eigenvalue weighted by Crippen LogP contribution is -2.46. The van der Waals surface area contributed by atoms with Crippen molar-refractivity contribution in [2.45, 2.75) is 44.6 Å². The lowest BCUT2D eigenvalue weighted by atomic mass is 10.1. The van der Waals surface area contributed by atoms with E-state index in [9.17, 15) is 13.2 Å². The van der Waals surface area contributed by atoms with Crippen molar-refractivity contribution < 1.29 is 22.7 Å². The van der Waals surface area contributed by atoms with Gasteiger partial charge in [-0.15, -0.1) is 0 Å². The fourth-order valence-corrected chi connectivity index (χ4v) is 5.66. The van der Waals surface area contributed by atoms with Gasteiger partial charge in [0.2, 0.25) is 15.9 Å². The zero-order valence-electron chi connectivity index (χ0n) is 16.6. The van der Waals surface area contributed by atoms with E-state index in [1.165, 1.54) is 4.31 Å². The summed E-state index contributed by atoms with van der Waals surface area (Å²) < 4.78 is 38.1. The van der Waals surface area contributed by atoms with Crippen molar-refractivity contribution in [2.75, 3.05) is 40.0 Å². The highest BCUT2D eigenvalue weighted by atomic mass is 32.2. The van der Waals surface area contributed by atoms with Crippen molar-refractivity contribution in [3.05, 3.63) is 28.8 Å². The summed E-state index contributed by atoms with van der Waals surface area (Å²) in [5.74, 6) is -0.270. The van der Waals surface area contributed by atoms with E-state index in [0.29, 0.717) is 61.8 Å². The van der Waals surface area contributed by atoms with Crippen LogP contribution in [0.1, 0.15) is 29.5 Å². The van der Waals surface area contributed by atoms with Gasteiger partial charge in [0.25, 0.3) is 0 Å². The number of rotatable bonds is 9. The first-order valence-electron chi connectivity index (χ1n) is 9.23. The minimum atomic E-state index is -3.73. The Hall–Kier alpha value is -1.48. The molecule has 1 unspecified atom stereocenters. The zero-order valence-corrected chi connectivity index (χ0v) is 17.4. The number of carbonyl (C=O) groups is 1. The molecule has 0 radical (unpaired) electrons. The number of nitrogens with zero attached hydrogens (tertiary/aromatic N) is 1. The molecule has 0 aliphatic carbocycles. The second-order valence-corrected chi connectivity index (χ2v) is 8.73. The first kappa shape index (κ1) is 21.8. The van der Waals surface area contributed by atoms with E-state index in [1.807, 2.05) is 19.1 Å². The van der Waals surface area contributed by atoms with E-state index in [2.05, 4.69) is 5.32 Å². The smallest absolute Gasteiger partial charge is 0.244 e. The third kappa shape index (κ3) is 5.28. The van der Waals surface area contributed by atoms with Crippen LogP contribution in [0.5, 0.6) is 0 Å². The lowest BCUT2D eigenvalue weighted by Gasteiger charge is -2.25. The molecule has 1 saturated heterocycles. The molecule has 7 nitrogen and oxygen atoms in total. The van der Waals surface area contributed by atoms with Gasteiger partial charge in [-0.1, -0.05) is 17.7 Å². The topological polar surface area (TPSA) is 84.9 Å². The van der Waals surface area contributed by atoms with Gasteiger partial charge < -0.3 is 14.8 Å². The molecule has 0 spiro atoms. The number of methoxy groups -OCH3 is 1. The molecule has 0 bridgehead atoms. The van der Waals surface area contributed by atoms with Crippen molar-refractivity contribution >= 4 is 15.9 Å². The Bertz CT molecular complexity index is 740. The quantitative estimate of drug-likeness (QED) is 0.638. The number of nitrogens with one attached hydrogen (secondary N) is 1. The summed E-state index contributed by atoms with van der Waals surface area (Å²) in [5.41, 5.74) is 2.45. The Labute approximate surface area is 162 Å². The van der Waals surface area contributed by atoms with Crippen LogP contribution in [0, 0.1) is 20.8 Å². The van der Waals surface area contributed by atoms with Crippen molar-refractivity contribution in [3.63, 3.8) is 0 Å². The first-order valence-corrected chi connectivity index (χ1v) is 10.7. The molecule has 2 rings (SSSR count). The van der Waals surface area contributed by atoms with Gasteiger partial charge in [-0.05, 0) is 44.7 Å². The molecule has 0 saturated carbocycles. The number of aryl methyl sites for hydroxylation is 3. The van der Waals surface area contributed by atoms with E-state index < -0.39 is 16.1 Å². The van der Waals surface area contributed by atoms with Crippen LogP contribution in [0.3, 0.4) is 0 Å². The maximum Gasteiger partial charge on any atom is 0.244 e. The maximum absolute atomic E-state index is 13.3. The molecule has 1 heterocycles. The fourth-order valence-electron chi connectivity index (χ4n) is 3.59. The molecular weight excluding hydrogens is 368 g/mol. The minimum absolute atomic E-state index is 0.270. The molecule has 1 aliphatic rings. The molecule has 1 atom stereocenters. The summed E-state index contributed by atoms with van der Waals surface area (Å²) in [5, 5.41) is 2.78. The average Bonchev–Trinajstić information content (AvgIpc) is 3.07. The van der Waals surface area contributed by atoms with E-state index in [4.69, 9.17) is 9.47 Å². The van der Waals surface area contributed by atoms with Crippen LogP contribution in [0.2, 0.25) is 0 Å². The average molecular weight is 399 g/mol. The highest BCUT2D eigenvalue weighted by molar-refractivity contribution is 7.89. The van der Waals surface area contributed by atoms with Gasteiger partial charge in [0.05, 0.1) is 24.7 Å². The molecule has 0 aromatic heterocycles. The molecule has 1 aromatic carbocycles. The highest BCUT2D eigenvalue weighted by Gasteiger charge is 2.40. The van der Waals surface area contributed by atoms with Gasteiger partial charge in [-0.25, -0.2) is 8.42 Å². The largest absolute Gasteiger partial charge is 0.382 e. The van der Waals surface area contributed by atoms with Crippen molar-refractivity contribution in [2.24, 2.45) is 0 Å². The van der Waals surface area contributed by atoms with Crippen molar-refractivity contribution in [3.8, 4) is 0 Å². The normalized spacial score (nSPS) is 18.0. The Balaban J connectivity index is 2.07. The molecule has 27 heavy (non-hydrogen) atoms. The minimum Gasteiger partial charge on any atom is -0.382 e. The second kappa shape index (κ2) is 9.64. The SMILES string of the molecule is COCCOCCNC(=O)C1CCCN1S(=O)(=O)c1c(C)cc(C)cc1C. The van der Waals surface area contributed by atoms with E-state index in [0.717, 1.165) is 5.56 Å². The standard InChI is InChI=1S/C19H30N2O5S/c1-14-12-15(2)18(16(3)13-14)27(23,24)21-8-5-6-17(21)19(22)20-7-9-26-11-10-25-4/h12-13,17H,5-11H2,1-4H3,(H,20,22). The van der Waals surface area contributed by atoms with E-state index >= 15 is 0 Å². The van der Waals surface area contributed by atoms with Crippen LogP contribution in [0.25, 0.3) is 0 Å². The summed E-state index contributed by atoms with van der Waals surface area (Å²) in [7, 11) is -2.13. The molecule has 1 aliphatic heterocycles. The van der Waals surface area contributed by atoms with Gasteiger partial charge in [0.15, 0.2) is 0 Å². The highest BCUT2D eigenvalue weighted by Crippen LogP contribution is 2.30. The molecule has 1 N–H and O–H groups in total. The Morgan fingerprint density at radius 3 is 2.48 bits per heavy atom. The molecule has 8 heteroatoms. The number of hydrogen-bond donors (Lipinski definition) is 1. The maximum atomic E-state index is 13.3. The number of sulfonamides is 1. The number of ether oxygens (including phenoxy) is 2. The summed E-state index contributed by atoms with van der Waals surface area (Å²) in [6.07, 6.45) is 1.20. The van der Waals surface area contributed by atoms with Gasteiger partial charge in [-0.2, -0.15) is 4.31 Å². The predicted octanol–water partition coefficient (Wildman–Crippen LogP) is 1.54. The number of carbonyl (C=O) groups excluding carboxylic acids is 1. The first-order chi connectivity index (χ1) is 12.8. The van der Waals surface area contributed by atoms with Crippen LogP contribution < -0.4 is 5.32 Å². The van der Waals surface area contributed by atoms with Gasteiger partial charge in [-0.3, -0.25) is 4.79 Å². The Morgan fingerprint density at radius 1 is 1.19 bits per heavy atom. The fraction of sp³-hybridized carbons (Fsp3) is 0.632. The van der Waals surface area contributed by atoms with E-state index in [1.54, 1.807) is 21.0 Å². The third-order valence-electron chi connectivity index (χ3n) is 4.66. The summed E-state index contributed by atoms with van der Waals surface area (Å²) in [6.45, 7) is 7.57. The van der Waals surface area contributed by atoms with Gasteiger partial charge in [0, 0.05) is 20.2 Å². The van der Waals surface area contributed by atoms with Crippen LogP contribution in [-0.2, 0) is 24.3 Å². The van der Waals surface area contributed by atoms with Crippen LogP contribution >= 0.6 is 0 Å². The predicted molar refractivity (Wildman–Crippen MR) is 103 cm³/mol. The molecular formula is C19H30N2O5S. The van der Waals surface area contributed by atoms with E-state index in [-0.39, 0.29) is 5.91 Å².